The lowest BCUT2D eigenvalue weighted by molar-refractivity contribution is -0.139. The summed E-state index contributed by atoms with van der Waals surface area (Å²) in [6.45, 7) is 2.11. The maximum Gasteiger partial charge on any atom is 0.309 e. The van der Waals surface area contributed by atoms with E-state index in [0.29, 0.717) is 12.3 Å². The summed E-state index contributed by atoms with van der Waals surface area (Å²) in [5, 5.41) is 0. The molecule has 0 aliphatic heterocycles. The highest BCUT2D eigenvalue weighted by molar-refractivity contribution is 5.78. The Kier molecular flexibility index (Phi) is 3.94. The summed E-state index contributed by atoms with van der Waals surface area (Å²) in [6.07, 6.45) is 6.92. The van der Waals surface area contributed by atoms with Gasteiger partial charge in [0.1, 0.15) is 0 Å². The highest BCUT2D eigenvalue weighted by Gasteiger charge is 2.16. The van der Waals surface area contributed by atoms with Gasteiger partial charge >= 0.3 is 5.97 Å². The van der Waals surface area contributed by atoms with Gasteiger partial charge in [-0.3, -0.25) is 4.79 Å². The number of methoxy groups -OCH3 is 1. The summed E-state index contributed by atoms with van der Waals surface area (Å²) < 4.78 is 4.70. The van der Waals surface area contributed by atoms with Crippen LogP contribution >= 0.6 is 0 Å². The molecule has 0 spiro atoms. The van der Waals surface area contributed by atoms with Crippen molar-refractivity contribution in [2.24, 2.45) is 5.92 Å². The number of aromatic nitrogens is 2. The van der Waals surface area contributed by atoms with E-state index in [1.807, 2.05) is 12.1 Å². The van der Waals surface area contributed by atoms with Gasteiger partial charge in [0.25, 0.3) is 0 Å². The monoisotopic (exact) mass is 259 g/mol. The lowest BCUT2D eigenvalue weighted by atomic mass is 9.89. The van der Waals surface area contributed by atoms with Crippen LogP contribution in [-0.4, -0.2) is 23.0 Å². The molecule has 1 aromatic heterocycles. The SMILES string of the molecule is COC(=O)CC1=CC(c2ccnc(N)n2)=CC(C)C1. The molecule has 5 heteroatoms. The minimum absolute atomic E-state index is 0.220. The van der Waals surface area contributed by atoms with Crippen molar-refractivity contribution < 1.29 is 9.53 Å². The zero-order chi connectivity index (χ0) is 13.8. The molecule has 1 aliphatic rings. The van der Waals surface area contributed by atoms with Gasteiger partial charge in [0.2, 0.25) is 5.95 Å². The zero-order valence-corrected chi connectivity index (χ0v) is 11.1. The van der Waals surface area contributed by atoms with Crippen molar-refractivity contribution in [1.82, 2.24) is 9.97 Å². The number of rotatable bonds is 3. The third-order valence-electron chi connectivity index (χ3n) is 2.98. The summed E-state index contributed by atoms with van der Waals surface area (Å²) in [5.74, 6) is 0.386. The number of nitrogens with two attached hydrogens (primary N) is 1. The molecule has 100 valence electrons. The van der Waals surface area contributed by atoms with Gasteiger partial charge in [-0.15, -0.1) is 0 Å². The van der Waals surface area contributed by atoms with Crippen molar-refractivity contribution in [3.8, 4) is 0 Å². The molecule has 0 radical (unpaired) electrons. The number of hydrogen-bond acceptors (Lipinski definition) is 5. The van der Waals surface area contributed by atoms with Gasteiger partial charge in [-0.1, -0.05) is 24.6 Å². The molecular formula is C14H17N3O2. The van der Waals surface area contributed by atoms with Crippen molar-refractivity contribution in [2.45, 2.75) is 19.8 Å². The molecule has 19 heavy (non-hydrogen) atoms. The second-order valence-electron chi connectivity index (χ2n) is 4.66. The summed E-state index contributed by atoms with van der Waals surface area (Å²) in [7, 11) is 1.40. The number of allylic oxidation sites excluding steroid dienone is 3. The van der Waals surface area contributed by atoms with Crippen LogP contribution in [0.15, 0.2) is 30.0 Å². The Balaban J connectivity index is 2.26. The Morgan fingerprint density at radius 3 is 3.05 bits per heavy atom. The Morgan fingerprint density at radius 2 is 2.37 bits per heavy atom. The fourth-order valence-corrected chi connectivity index (χ4v) is 2.18. The smallest absolute Gasteiger partial charge is 0.309 e. The molecule has 0 bridgehead atoms. The van der Waals surface area contributed by atoms with Gasteiger partial charge in [0.15, 0.2) is 0 Å². The molecule has 5 nitrogen and oxygen atoms in total. The molecule has 1 aliphatic carbocycles. The molecule has 1 aromatic rings. The number of carbonyl (C=O) groups is 1. The molecule has 0 saturated heterocycles. The van der Waals surface area contributed by atoms with Crippen molar-refractivity contribution in [2.75, 3.05) is 12.8 Å². The first-order chi connectivity index (χ1) is 9.08. The average Bonchev–Trinajstić information content (AvgIpc) is 2.38. The molecule has 1 heterocycles. The van der Waals surface area contributed by atoms with Crippen LogP contribution in [0.25, 0.3) is 5.57 Å². The van der Waals surface area contributed by atoms with E-state index in [2.05, 4.69) is 23.0 Å². The lowest BCUT2D eigenvalue weighted by Gasteiger charge is -2.18. The van der Waals surface area contributed by atoms with Crippen molar-refractivity contribution >= 4 is 17.5 Å². The van der Waals surface area contributed by atoms with E-state index in [-0.39, 0.29) is 11.9 Å². The molecule has 2 rings (SSSR count). The maximum atomic E-state index is 11.4. The number of carbonyl (C=O) groups excluding carboxylic acids is 1. The highest BCUT2D eigenvalue weighted by atomic mass is 16.5. The summed E-state index contributed by atoms with van der Waals surface area (Å²) in [5.41, 5.74) is 8.40. The van der Waals surface area contributed by atoms with E-state index in [9.17, 15) is 4.79 Å². The van der Waals surface area contributed by atoms with Gasteiger partial charge in [0, 0.05) is 6.20 Å². The maximum absolute atomic E-state index is 11.4. The van der Waals surface area contributed by atoms with Gasteiger partial charge < -0.3 is 10.5 Å². The Labute approximate surface area is 112 Å². The molecule has 1 atom stereocenters. The van der Waals surface area contributed by atoms with E-state index in [1.165, 1.54) is 7.11 Å². The van der Waals surface area contributed by atoms with E-state index in [1.54, 1.807) is 6.20 Å². The van der Waals surface area contributed by atoms with Crippen molar-refractivity contribution in [3.05, 3.63) is 35.7 Å². The Bertz CT molecular complexity index is 549. The minimum Gasteiger partial charge on any atom is -0.469 e. The van der Waals surface area contributed by atoms with Crippen molar-refractivity contribution in [3.63, 3.8) is 0 Å². The molecule has 0 saturated carbocycles. The van der Waals surface area contributed by atoms with Gasteiger partial charge in [-0.2, -0.15) is 0 Å². The van der Waals surface area contributed by atoms with Crippen LogP contribution in [0.4, 0.5) is 5.95 Å². The number of nitrogen functional groups attached to an aromatic ring is 1. The molecular weight excluding hydrogens is 242 g/mol. The quantitative estimate of drug-likeness (QED) is 0.840. The lowest BCUT2D eigenvalue weighted by Crippen LogP contribution is -2.08. The second-order valence-corrected chi connectivity index (χ2v) is 4.66. The van der Waals surface area contributed by atoms with Crippen LogP contribution in [0.3, 0.4) is 0 Å². The van der Waals surface area contributed by atoms with Crippen LogP contribution in [0, 0.1) is 5.92 Å². The normalized spacial score (nSPS) is 18.5. The molecule has 0 fully saturated rings. The van der Waals surface area contributed by atoms with E-state index in [0.717, 1.165) is 23.3 Å². The first kappa shape index (κ1) is 13.3. The van der Waals surface area contributed by atoms with Gasteiger partial charge in [0.05, 0.1) is 19.2 Å². The fraction of sp³-hybridized carbons (Fsp3) is 0.357. The Hall–Kier alpha value is -2.17. The number of anilines is 1. The standard InChI is InChI=1S/C14H17N3O2/c1-9-5-10(8-13(18)19-2)7-11(6-9)12-3-4-16-14(15)17-12/h3-4,6-7,9H,5,8H2,1-2H3,(H2,15,16,17). The number of esters is 1. The number of nitrogens with zero attached hydrogens (tertiary/aromatic N) is 2. The summed E-state index contributed by atoms with van der Waals surface area (Å²) >= 11 is 0. The number of hydrogen-bond donors (Lipinski definition) is 1. The van der Waals surface area contributed by atoms with E-state index >= 15 is 0 Å². The van der Waals surface area contributed by atoms with Crippen molar-refractivity contribution in [1.29, 1.82) is 0 Å². The molecule has 1 unspecified atom stereocenters. The van der Waals surface area contributed by atoms with Gasteiger partial charge in [-0.05, 0) is 24.0 Å². The largest absolute Gasteiger partial charge is 0.469 e. The predicted molar refractivity (Wildman–Crippen MR) is 72.9 cm³/mol. The van der Waals surface area contributed by atoms with E-state index in [4.69, 9.17) is 10.5 Å². The average molecular weight is 259 g/mol. The van der Waals surface area contributed by atoms with Gasteiger partial charge in [-0.25, -0.2) is 9.97 Å². The molecule has 0 amide bonds. The summed E-state index contributed by atoms with van der Waals surface area (Å²) in [4.78, 5) is 19.4. The molecule has 2 N–H and O–H groups in total. The zero-order valence-electron chi connectivity index (χ0n) is 11.1. The Morgan fingerprint density at radius 1 is 1.58 bits per heavy atom. The third-order valence-corrected chi connectivity index (χ3v) is 2.98. The van der Waals surface area contributed by atoms with Crippen LogP contribution in [0.1, 0.15) is 25.5 Å². The third kappa shape index (κ3) is 3.40. The van der Waals surface area contributed by atoms with Crippen LogP contribution < -0.4 is 5.73 Å². The second kappa shape index (κ2) is 5.65. The van der Waals surface area contributed by atoms with Crippen LogP contribution in [-0.2, 0) is 9.53 Å². The molecule has 0 aromatic carbocycles. The topological polar surface area (TPSA) is 78.1 Å². The number of ether oxygens (including phenoxy) is 1. The minimum atomic E-state index is -0.220. The highest BCUT2D eigenvalue weighted by Crippen LogP contribution is 2.29. The first-order valence-corrected chi connectivity index (χ1v) is 6.15. The first-order valence-electron chi connectivity index (χ1n) is 6.15. The predicted octanol–water partition coefficient (Wildman–Crippen LogP) is 1.97. The van der Waals surface area contributed by atoms with Crippen LogP contribution in [0.5, 0.6) is 0 Å². The summed E-state index contributed by atoms with van der Waals surface area (Å²) in [6, 6.07) is 1.81. The van der Waals surface area contributed by atoms with Crippen LogP contribution in [0.2, 0.25) is 0 Å². The fourth-order valence-electron chi connectivity index (χ4n) is 2.18. The van der Waals surface area contributed by atoms with E-state index < -0.39 is 0 Å².